The molecule has 188 valence electrons. The van der Waals surface area contributed by atoms with Crippen molar-refractivity contribution in [2.24, 2.45) is 5.92 Å². The standard InChI is InChI=1S/C24H26F3N3O5/c1-16(28-20-8-7-19(24(25,26)27)14-21(20)30(33)34)23(32)35-15-22(31)29-11-9-18(10-12-29)13-17-5-3-2-4-6-17/h2-8,14,16,18,28H,9-13,15H2,1H3/t16-/m0/s1. The van der Waals surface area contributed by atoms with Crippen LogP contribution in [0.15, 0.2) is 48.5 Å². The van der Waals surface area contributed by atoms with E-state index >= 15 is 0 Å². The summed E-state index contributed by atoms with van der Waals surface area (Å²) in [6.07, 6.45) is -2.13. The molecule has 35 heavy (non-hydrogen) atoms. The lowest BCUT2D eigenvalue weighted by atomic mass is 9.90. The lowest BCUT2D eigenvalue weighted by Crippen LogP contribution is -2.42. The molecule has 1 aliphatic heterocycles. The number of benzene rings is 2. The van der Waals surface area contributed by atoms with E-state index in [0.717, 1.165) is 25.3 Å². The number of hydrogen-bond donors (Lipinski definition) is 1. The van der Waals surface area contributed by atoms with Crippen molar-refractivity contribution in [2.45, 2.75) is 38.4 Å². The quantitative estimate of drug-likeness (QED) is 0.332. The maximum absolute atomic E-state index is 12.8. The van der Waals surface area contributed by atoms with Gasteiger partial charge in [0.05, 0.1) is 10.5 Å². The van der Waals surface area contributed by atoms with Crippen LogP contribution in [0.2, 0.25) is 0 Å². The molecule has 1 aliphatic rings. The first-order valence-corrected chi connectivity index (χ1v) is 11.1. The van der Waals surface area contributed by atoms with Crippen LogP contribution in [0.3, 0.4) is 0 Å². The van der Waals surface area contributed by atoms with Gasteiger partial charge in [-0.05, 0) is 49.8 Å². The largest absolute Gasteiger partial charge is 0.454 e. The zero-order valence-corrected chi connectivity index (χ0v) is 19.1. The number of hydrogen-bond acceptors (Lipinski definition) is 6. The number of amides is 1. The average Bonchev–Trinajstić information content (AvgIpc) is 2.82. The van der Waals surface area contributed by atoms with Crippen molar-refractivity contribution in [3.63, 3.8) is 0 Å². The molecule has 1 amide bonds. The van der Waals surface area contributed by atoms with Gasteiger partial charge in [0.2, 0.25) is 0 Å². The number of rotatable bonds is 8. The Balaban J connectivity index is 1.48. The second kappa shape index (κ2) is 11.2. The van der Waals surface area contributed by atoms with Crippen molar-refractivity contribution >= 4 is 23.3 Å². The summed E-state index contributed by atoms with van der Waals surface area (Å²) in [5, 5.41) is 13.7. The number of nitro benzene ring substituents is 1. The molecule has 0 aliphatic carbocycles. The maximum Gasteiger partial charge on any atom is 0.416 e. The number of nitrogens with one attached hydrogen (secondary N) is 1. The van der Waals surface area contributed by atoms with Crippen LogP contribution in [0.4, 0.5) is 24.5 Å². The van der Waals surface area contributed by atoms with Crippen LogP contribution >= 0.6 is 0 Å². The fourth-order valence-electron chi connectivity index (χ4n) is 3.96. The second-order valence-electron chi connectivity index (χ2n) is 8.47. The fourth-order valence-corrected chi connectivity index (χ4v) is 3.96. The first-order valence-electron chi connectivity index (χ1n) is 11.1. The summed E-state index contributed by atoms with van der Waals surface area (Å²) in [7, 11) is 0. The summed E-state index contributed by atoms with van der Waals surface area (Å²) < 4.78 is 43.6. The zero-order valence-electron chi connectivity index (χ0n) is 19.1. The monoisotopic (exact) mass is 493 g/mol. The number of anilines is 1. The molecule has 2 aromatic carbocycles. The molecule has 2 aromatic rings. The van der Waals surface area contributed by atoms with Crippen LogP contribution in [0, 0.1) is 16.0 Å². The number of halogens is 3. The SMILES string of the molecule is C[C@H](Nc1ccc(C(F)(F)F)cc1[N+](=O)[O-])C(=O)OCC(=O)N1CCC(Cc2ccccc2)CC1. The highest BCUT2D eigenvalue weighted by Crippen LogP contribution is 2.35. The molecule has 1 heterocycles. The van der Waals surface area contributed by atoms with Gasteiger partial charge in [-0.15, -0.1) is 0 Å². The summed E-state index contributed by atoms with van der Waals surface area (Å²) in [5.41, 5.74) is -1.02. The van der Waals surface area contributed by atoms with Crippen LogP contribution in [-0.2, 0) is 26.9 Å². The van der Waals surface area contributed by atoms with E-state index in [-0.39, 0.29) is 11.6 Å². The average molecular weight is 493 g/mol. The molecule has 0 spiro atoms. The van der Waals surface area contributed by atoms with Gasteiger partial charge in [-0.1, -0.05) is 30.3 Å². The maximum atomic E-state index is 12.8. The van der Waals surface area contributed by atoms with Crippen molar-refractivity contribution in [1.82, 2.24) is 4.90 Å². The second-order valence-corrected chi connectivity index (χ2v) is 8.47. The highest BCUT2D eigenvalue weighted by molar-refractivity contribution is 5.84. The third kappa shape index (κ3) is 7.17. The van der Waals surface area contributed by atoms with E-state index in [0.29, 0.717) is 31.1 Å². The van der Waals surface area contributed by atoms with Gasteiger partial charge >= 0.3 is 12.1 Å². The molecule has 11 heteroatoms. The molecule has 0 radical (unpaired) electrons. The Morgan fingerprint density at radius 1 is 1.17 bits per heavy atom. The minimum Gasteiger partial charge on any atom is -0.454 e. The minimum atomic E-state index is -4.75. The zero-order chi connectivity index (χ0) is 25.6. The van der Waals surface area contributed by atoms with Crippen molar-refractivity contribution in [3.8, 4) is 0 Å². The van der Waals surface area contributed by atoms with Gasteiger partial charge in [0, 0.05) is 19.2 Å². The third-order valence-corrected chi connectivity index (χ3v) is 5.92. The molecule has 0 saturated carbocycles. The number of alkyl halides is 3. The van der Waals surface area contributed by atoms with Crippen LogP contribution in [0.1, 0.15) is 30.9 Å². The minimum absolute atomic E-state index is 0.265. The summed E-state index contributed by atoms with van der Waals surface area (Å²) in [6, 6.07) is 10.9. The van der Waals surface area contributed by atoms with E-state index in [4.69, 9.17) is 4.74 Å². The van der Waals surface area contributed by atoms with Gasteiger partial charge < -0.3 is 15.0 Å². The predicted molar refractivity (Wildman–Crippen MR) is 122 cm³/mol. The summed E-state index contributed by atoms with van der Waals surface area (Å²) >= 11 is 0. The molecule has 1 atom stereocenters. The summed E-state index contributed by atoms with van der Waals surface area (Å²) in [6.45, 7) is 1.96. The first kappa shape index (κ1) is 26.0. The number of ether oxygens (including phenoxy) is 1. The molecule has 8 nitrogen and oxygen atoms in total. The number of likely N-dealkylation sites (tertiary alicyclic amines) is 1. The smallest absolute Gasteiger partial charge is 0.416 e. The number of esters is 1. The summed E-state index contributed by atoms with van der Waals surface area (Å²) in [4.78, 5) is 36.6. The molecule has 1 saturated heterocycles. The van der Waals surface area contributed by atoms with Crippen LogP contribution in [-0.4, -0.2) is 47.4 Å². The Labute approximate surface area is 200 Å². The van der Waals surface area contributed by atoms with E-state index in [1.807, 2.05) is 18.2 Å². The van der Waals surface area contributed by atoms with Gasteiger partial charge in [0.15, 0.2) is 6.61 Å². The van der Waals surface area contributed by atoms with Gasteiger partial charge in [0.25, 0.3) is 11.6 Å². The van der Waals surface area contributed by atoms with E-state index in [2.05, 4.69) is 17.4 Å². The number of carbonyl (C=O) groups is 2. The molecule has 0 aromatic heterocycles. The van der Waals surface area contributed by atoms with E-state index in [1.54, 1.807) is 4.90 Å². The van der Waals surface area contributed by atoms with Crippen molar-refractivity contribution in [2.75, 3.05) is 25.0 Å². The normalized spacial score (nSPS) is 15.4. The Kier molecular flexibility index (Phi) is 8.31. The fraction of sp³-hybridized carbons (Fsp3) is 0.417. The lowest BCUT2D eigenvalue weighted by Gasteiger charge is -2.32. The van der Waals surface area contributed by atoms with E-state index < -0.39 is 41.0 Å². The van der Waals surface area contributed by atoms with Gasteiger partial charge in [-0.3, -0.25) is 14.9 Å². The number of nitro groups is 1. The predicted octanol–water partition coefficient (Wildman–Crippen LogP) is 4.44. The Bertz CT molecular complexity index is 1050. The van der Waals surface area contributed by atoms with Crippen molar-refractivity contribution in [1.29, 1.82) is 0 Å². The number of nitrogens with zero attached hydrogens (tertiary/aromatic N) is 2. The highest BCUT2D eigenvalue weighted by atomic mass is 19.4. The molecule has 3 rings (SSSR count). The number of carbonyl (C=O) groups excluding carboxylic acids is 2. The Morgan fingerprint density at radius 2 is 1.83 bits per heavy atom. The molecular formula is C24H26F3N3O5. The van der Waals surface area contributed by atoms with Crippen LogP contribution in [0.25, 0.3) is 0 Å². The van der Waals surface area contributed by atoms with Gasteiger partial charge in [0.1, 0.15) is 11.7 Å². The molecule has 1 fully saturated rings. The van der Waals surface area contributed by atoms with Crippen molar-refractivity contribution in [3.05, 3.63) is 69.8 Å². The van der Waals surface area contributed by atoms with E-state index in [9.17, 15) is 32.9 Å². The Hall–Kier alpha value is -3.63. The third-order valence-electron chi connectivity index (χ3n) is 5.92. The molecule has 0 unspecified atom stereocenters. The molecule has 1 N–H and O–H groups in total. The van der Waals surface area contributed by atoms with Gasteiger partial charge in [-0.25, -0.2) is 4.79 Å². The van der Waals surface area contributed by atoms with E-state index in [1.165, 1.54) is 12.5 Å². The lowest BCUT2D eigenvalue weighted by molar-refractivity contribution is -0.384. The molecular weight excluding hydrogens is 467 g/mol. The first-order chi connectivity index (χ1) is 16.5. The molecule has 0 bridgehead atoms. The highest BCUT2D eigenvalue weighted by Gasteiger charge is 2.33. The van der Waals surface area contributed by atoms with Gasteiger partial charge in [-0.2, -0.15) is 13.2 Å². The topological polar surface area (TPSA) is 102 Å². The number of piperidine rings is 1. The Morgan fingerprint density at radius 3 is 2.43 bits per heavy atom. The summed E-state index contributed by atoms with van der Waals surface area (Å²) in [5.74, 6) is -0.733. The van der Waals surface area contributed by atoms with Crippen LogP contribution < -0.4 is 5.32 Å². The van der Waals surface area contributed by atoms with Crippen LogP contribution in [0.5, 0.6) is 0 Å². The van der Waals surface area contributed by atoms with Crippen molar-refractivity contribution < 1.29 is 32.4 Å².